The van der Waals surface area contributed by atoms with Gasteiger partial charge in [-0.2, -0.15) is 11.3 Å². The monoisotopic (exact) mass is 313 g/mol. The van der Waals surface area contributed by atoms with Crippen LogP contribution in [0.1, 0.15) is 23.6 Å². The van der Waals surface area contributed by atoms with Gasteiger partial charge in [-0.15, -0.1) is 0 Å². The minimum absolute atomic E-state index is 0.0308. The van der Waals surface area contributed by atoms with Crippen molar-refractivity contribution in [1.82, 2.24) is 9.55 Å². The van der Waals surface area contributed by atoms with Crippen LogP contribution < -0.4 is 5.32 Å². The van der Waals surface area contributed by atoms with E-state index in [2.05, 4.69) is 10.3 Å². The highest BCUT2D eigenvalue weighted by Crippen LogP contribution is 2.37. The first-order valence-electron chi connectivity index (χ1n) is 6.87. The summed E-state index contributed by atoms with van der Waals surface area (Å²) in [6.07, 6.45) is 2.06. The number of rotatable bonds is 2. The molecule has 1 aliphatic rings. The van der Waals surface area contributed by atoms with E-state index in [0.29, 0.717) is 12.2 Å². The second kappa shape index (κ2) is 5.06. The number of amides is 1. The SMILES string of the molecule is O=C1C[C@@H](c2ccsc2)c2ncn(-c3ccc(F)cc3)c2N1. The van der Waals surface area contributed by atoms with Gasteiger partial charge in [0.1, 0.15) is 18.0 Å². The summed E-state index contributed by atoms with van der Waals surface area (Å²) in [5.74, 6) is 0.307. The molecule has 2 aromatic heterocycles. The Hall–Kier alpha value is -2.47. The largest absolute Gasteiger partial charge is 0.310 e. The summed E-state index contributed by atoms with van der Waals surface area (Å²) in [6.45, 7) is 0. The summed E-state index contributed by atoms with van der Waals surface area (Å²) < 4.78 is 14.9. The molecule has 1 aliphatic heterocycles. The van der Waals surface area contributed by atoms with Crippen LogP contribution in [-0.4, -0.2) is 15.5 Å². The van der Waals surface area contributed by atoms with Crippen molar-refractivity contribution in [3.05, 3.63) is 64.5 Å². The number of nitrogens with zero attached hydrogens (tertiary/aromatic N) is 2. The molecule has 0 aliphatic carbocycles. The van der Waals surface area contributed by atoms with Crippen molar-refractivity contribution in [3.63, 3.8) is 0 Å². The molecular weight excluding hydrogens is 301 g/mol. The van der Waals surface area contributed by atoms with Gasteiger partial charge in [0, 0.05) is 18.0 Å². The molecular formula is C16H12FN3OS. The van der Waals surface area contributed by atoms with Crippen molar-refractivity contribution < 1.29 is 9.18 Å². The fourth-order valence-corrected chi connectivity index (χ4v) is 3.47. The van der Waals surface area contributed by atoms with Crippen molar-refractivity contribution >= 4 is 23.1 Å². The van der Waals surface area contributed by atoms with Gasteiger partial charge in [-0.25, -0.2) is 9.37 Å². The molecule has 110 valence electrons. The second-order valence-corrected chi connectivity index (χ2v) is 5.97. The second-order valence-electron chi connectivity index (χ2n) is 5.19. The van der Waals surface area contributed by atoms with Crippen LogP contribution >= 0.6 is 11.3 Å². The number of anilines is 1. The highest BCUT2D eigenvalue weighted by Gasteiger charge is 2.31. The Balaban J connectivity index is 1.82. The molecule has 22 heavy (non-hydrogen) atoms. The minimum Gasteiger partial charge on any atom is -0.310 e. The number of hydrogen-bond donors (Lipinski definition) is 1. The van der Waals surface area contributed by atoms with E-state index >= 15 is 0 Å². The standard InChI is InChI=1S/C16H12FN3OS/c17-11-1-3-12(4-2-11)20-9-18-15-13(10-5-6-22-8-10)7-14(21)19-16(15)20/h1-6,8-9,13H,7H2,(H,19,21)/t13-/m0/s1. The minimum atomic E-state index is -0.294. The zero-order valence-electron chi connectivity index (χ0n) is 11.5. The van der Waals surface area contributed by atoms with Crippen molar-refractivity contribution in [2.24, 2.45) is 0 Å². The number of imidazole rings is 1. The summed E-state index contributed by atoms with van der Waals surface area (Å²) >= 11 is 1.61. The summed E-state index contributed by atoms with van der Waals surface area (Å²) in [4.78, 5) is 16.5. The van der Waals surface area contributed by atoms with Crippen LogP contribution in [0.15, 0.2) is 47.4 Å². The lowest BCUT2D eigenvalue weighted by Gasteiger charge is -2.22. The summed E-state index contributed by atoms with van der Waals surface area (Å²) in [7, 11) is 0. The van der Waals surface area contributed by atoms with Gasteiger partial charge < -0.3 is 5.32 Å². The number of nitrogens with one attached hydrogen (secondary N) is 1. The molecule has 0 bridgehead atoms. The predicted molar refractivity (Wildman–Crippen MR) is 82.9 cm³/mol. The normalized spacial score (nSPS) is 17.1. The maximum atomic E-state index is 13.1. The van der Waals surface area contributed by atoms with E-state index in [1.165, 1.54) is 12.1 Å². The van der Waals surface area contributed by atoms with Gasteiger partial charge in [-0.1, -0.05) is 0 Å². The Kier molecular flexibility index (Phi) is 3.04. The molecule has 0 saturated carbocycles. The molecule has 1 aromatic carbocycles. The Bertz CT molecular complexity index is 824. The molecule has 3 heterocycles. The van der Waals surface area contributed by atoms with Crippen molar-refractivity contribution in [2.75, 3.05) is 5.32 Å². The first kappa shape index (κ1) is 13.2. The predicted octanol–water partition coefficient (Wildman–Crippen LogP) is 3.55. The smallest absolute Gasteiger partial charge is 0.226 e. The van der Waals surface area contributed by atoms with Crippen LogP contribution in [0.4, 0.5) is 10.2 Å². The number of thiophene rings is 1. The van der Waals surface area contributed by atoms with E-state index in [1.54, 1.807) is 34.4 Å². The lowest BCUT2D eigenvalue weighted by atomic mass is 9.92. The zero-order valence-corrected chi connectivity index (χ0v) is 12.3. The van der Waals surface area contributed by atoms with Gasteiger partial charge in [-0.05, 0) is 46.7 Å². The third-order valence-corrected chi connectivity index (χ3v) is 4.53. The van der Waals surface area contributed by atoms with Gasteiger partial charge in [0.2, 0.25) is 5.91 Å². The summed E-state index contributed by atoms with van der Waals surface area (Å²) in [5.41, 5.74) is 2.72. The number of hydrogen-bond acceptors (Lipinski definition) is 3. The molecule has 0 unspecified atom stereocenters. The van der Waals surface area contributed by atoms with Gasteiger partial charge in [-0.3, -0.25) is 9.36 Å². The molecule has 6 heteroatoms. The molecule has 4 nitrogen and oxygen atoms in total. The summed E-state index contributed by atoms with van der Waals surface area (Å²) in [5, 5.41) is 6.93. The van der Waals surface area contributed by atoms with E-state index in [1.807, 2.05) is 16.8 Å². The van der Waals surface area contributed by atoms with Gasteiger partial charge in [0.05, 0.1) is 5.69 Å². The van der Waals surface area contributed by atoms with E-state index in [4.69, 9.17) is 0 Å². The van der Waals surface area contributed by atoms with Crippen molar-refractivity contribution in [3.8, 4) is 5.69 Å². The number of fused-ring (bicyclic) bond motifs is 1. The first-order valence-corrected chi connectivity index (χ1v) is 7.82. The highest BCUT2D eigenvalue weighted by molar-refractivity contribution is 7.08. The molecule has 0 saturated heterocycles. The zero-order chi connectivity index (χ0) is 15.1. The van der Waals surface area contributed by atoms with Crippen LogP contribution in [0.25, 0.3) is 5.69 Å². The number of carbonyl (C=O) groups excluding carboxylic acids is 1. The third-order valence-electron chi connectivity index (χ3n) is 3.82. The lowest BCUT2D eigenvalue weighted by Crippen LogP contribution is -2.24. The van der Waals surface area contributed by atoms with Crippen LogP contribution in [0.5, 0.6) is 0 Å². The number of aromatic nitrogens is 2. The molecule has 1 atom stereocenters. The maximum absolute atomic E-state index is 13.1. The Morgan fingerprint density at radius 2 is 2.09 bits per heavy atom. The van der Waals surface area contributed by atoms with Crippen molar-refractivity contribution in [1.29, 1.82) is 0 Å². The molecule has 0 spiro atoms. The molecule has 0 fully saturated rings. The number of benzene rings is 1. The quantitative estimate of drug-likeness (QED) is 0.786. The number of halogens is 1. The Labute approximate surface area is 130 Å². The van der Waals surface area contributed by atoms with Crippen LogP contribution in [0.2, 0.25) is 0 Å². The topological polar surface area (TPSA) is 46.9 Å². The third kappa shape index (κ3) is 2.12. The average molecular weight is 313 g/mol. The van der Waals surface area contributed by atoms with Gasteiger partial charge >= 0.3 is 0 Å². The number of carbonyl (C=O) groups is 1. The Morgan fingerprint density at radius 1 is 1.27 bits per heavy atom. The first-order chi connectivity index (χ1) is 10.7. The van der Waals surface area contributed by atoms with Crippen LogP contribution in [0, 0.1) is 5.82 Å². The van der Waals surface area contributed by atoms with E-state index in [0.717, 1.165) is 16.9 Å². The maximum Gasteiger partial charge on any atom is 0.226 e. The fourth-order valence-electron chi connectivity index (χ4n) is 2.75. The van der Waals surface area contributed by atoms with Gasteiger partial charge in [0.25, 0.3) is 0 Å². The van der Waals surface area contributed by atoms with E-state index in [9.17, 15) is 9.18 Å². The van der Waals surface area contributed by atoms with Gasteiger partial charge in [0.15, 0.2) is 0 Å². The summed E-state index contributed by atoms with van der Waals surface area (Å²) in [6, 6.07) is 8.13. The average Bonchev–Trinajstić information content (AvgIpc) is 3.16. The molecule has 1 amide bonds. The van der Waals surface area contributed by atoms with Crippen LogP contribution in [0.3, 0.4) is 0 Å². The molecule has 1 N–H and O–H groups in total. The lowest BCUT2D eigenvalue weighted by molar-refractivity contribution is -0.116. The molecule has 3 aromatic rings. The molecule has 0 radical (unpaired) electrons. The van der Waals surface area contributed by atoms with E-state index < -0.39 is 0 Å². The highest BCUT2D eigenvalue weighted by atomic mass is 32.1. The van der Waals surface area contributed by atoms with Crippen LogP contribution in [-0.2, 0) is 4.79 Å². The van der Waals surface area contributed by atoms with E-state index in [-0.39, 0.29) is 17.6 Å². The fraction of sp³-hybridized carbons (Fsp3) is 0.125. The molecule has 4 rings (SSSR count). The Morgan fingerprint density at radius 3 is 2.82 bits per heavy atom. The van der Waals surface area contributed by atoms with Crippen molar-refractivity contribution in [2.45, 2.75) is 12.3 Å².